The number of aromatic nitrogens is 1. The highest BCUT2D eigenvalue weighted by Crippen LogP contribution is 2.38. The molecule has 1 aliphatic rings. The number of anilines is 1. The van der Waals surface area contributed by atoms with Crippen LogP contribution in [-0.2, 0) is 6.42 Å². The summed E-state index contributed by atoms with van der Waals surface area (Å²) in [5, 5.41) is 0.731. The van der Waals surface area contributed by atoms with E-state index in [1.807, 2.05) is 18.2 Å². The van der Waals surface area contributed by atoms with Crippen molar-refractivity contribution in [3.8, 4) is 0 Å². The predicted molar refractivity (Wildman–Crippen MR) is 82.0 cm³/mol. The summed E-state index contributed by atoms with van der Waals surface area (Å²) in [5.41, 5.74) is 11.0. The van der Waals surface area contributed by atoms with Gasteiger partial charge in [-0.05, 0) is 35.6 Å². The van der Waals surface area contributed by atoms with Crippen molar-refractivity contribution in [2.75, 3.05) is 11.5 Å². The topological polar surface area (TPSA) is 52.0 Å². The van der Waals surface area contributed by atoms with Gasteiger partial charge in [0.05, 0.1) is 0 Å². The average molecular weight is 282 g/mol. The van der Waals surface area contributed by atoms with Crippen LogP contribution in [0, 0.1) is 0 Å². The number of rotatable bonds is 3. The number of hydrogen-bond donors (Lipinski definition) is 1. The van der Waals surface area contributed by atoms with E-state index >= 15 is 0 Å². The minimum absolute atomic E-state index is 0.622. The van der Waals surface area contributed by atoms with Crippen molar-refractivity contribution in [1.29, 1.82) is 0 Å². The van der Waals surface area contributed by atoms with Crippen molar-refractivity contribution in [3.05, 3.63) is 53.6 Å². The lowest BCUT2D eigenvalue weighted by molar-refractivity contribution is 0.488. The van der Waals surface area contributed by atoms with Crippen LogP contribution in [0.4, 0.5) is 5.69 Å². The normalized spacial score (nSPS) is 16.9. The van der Waals surface area contributed by atoms with Crippen LogP contribution in [0.2, 0.25) is 0 Å². The molecule has 3 aromatic rings. The van der Waals surface area contributed by atoms with E-state index in [-0.39, 0.29) is 0 Å². The fraction of sp³-hybridized carbons (Fsp3) is 0.188. The SMILES string of the molecule is Nc1ccc2nc(SCC3Cc4ccccc43)oc2c1. The zero-order valence-corrected chi connectivity index (χ0v) is 11.7. The maximum absolute atomic E-state index is 5.74. The number of benzene rings is 2. The van der Waals surface area contributed by atoms with Gasteiger partial charge in [0.1, 0.15) is 5.52 Å². The fourth-order valence-electron chi connectivity index (χ4n) is 2.67. The van der Waals surface area contributed by atoms with Crippen molar-refractivity contribution >= 4 is 28.5 Å². The summed E-state index contributed by atoms with van der Waals surface area (Å²) < 4.78 is 5.73. The Morgan fingerprint density at radius 1 is 1.25 bits per heavy atom. The summed E-state index contributed by atoms with van der Waals surface area (Å²) in [6.07, 6.45) is 1.16. The quantitative estimate of drug-likeness (QED) is 0.585. The summed E-state index contributed by atoms with van der Waals surface area (Å²) in [4.78, 5) is 4.48. The molecule has 0 amide bonds. The van der Waals surface area contributed by atoms with E-state index in [2.05, 4.69) is 29.2 Å². The molecule has 1 unspecified atom stereocenters. The summed E-state index contributed by atoms with van der Waals surface area (Å²) in [6.45, 7) is 0. The number of hydrogen-bond acceptors (Lipinski definition) is 4. The van der Waals surface area contributed by atoms with Gasteiger partial charge < -0.3 is 10.2 Å². The average Bonchev–Trinajstić information content (AvgIpc) is 2.81. The third-order valence-electron chi connectivity index (χ3n) is 3.76. The molecule has 2 N–H and O–H groups in total. The highest BCUT2D eigenvalue weighted by atomic mass is 32.2. The Morgan fingerprint density at radius 2 is 2.15 bits per heavy atom. The molecule has 0 spiro atoms. The first kappa shape index (κ1) is 11.9. The Hall–Kier alpha value is -1.94. The third kappa shape index (κ3) is 1.96. The van der Waals surface area contributed by atoms with Gasteiger partial charge >= 0.3 is 0 Å². The molecule has 100 valence electrons. The molecule has 0 radical (unpaired) electrons. The highest BCUT2D eigenvalue weighted by Gasteiger charge is 2.25. The van der Waals surface area contributed by atoms with Crippen LogP contribution >= 0.6 is 11.8 Å². The molecule has 0 saturated heterocycles. The molecule has 0 bridgehead atoms. The molecule has 0 saturated carbocycles. The molecule has 0 aliphatic heterocycles. The van der Waals surface area contributed by atoms with Gasteiger partial charge in [0, 0.05) is 17.5 Å². The Kier molecular flexibility index (Phi) is 2.70. The minimum Gasteiger partial charge on any atom is -0.431 e. The number of nitrogen functional groups attached to an aromatic ring is 1. The molecule has 0 fully saturated rings. The largest absolute Gasteiger partial charge is 0.431 e. The monoisotopic (exact) mass is 282 g/mol. The zero-order chi connectivity index (χ0) is 13.5. The molecule has 1 atom stereocenters. The van der Waals surface area contributed by atoms with E-state index in [9.17, 15) is 0 Å². The van der Waals surface area contributed by atoms with Crippen molar-refractivity contribution in [2.24, 2.45) is 0 Å². The molecule has 1 aliphatic carbocycles. The van der Waals surface area contributed by atoms with E-state index < -0.39 is 0 Å². The van der Waals surface area contributed by atoms with Crippen LogP contribution in [0.5, 0.6) is 0 Å². The van der Waals surface area contributed by atoms with Gasteiger partial charge in [-0.15, -0.1) is 0 Å². The van der Waals surface area contributed by atoms with Gasteiger partial charge in [-0.1, -0.05) is 36.0 Å². The fourth-order valence-corrected chi connectivity index (χ4v) is 3.62. The van der Waals surface area contributed by atoms with Crippen molar-refractivity contribution in [1.82, 2.24) is 4.98 Å². The van der Waals surface area contributed by atoms with E-state index in [4.69, 9.17) is 10.2 Å². The minimum atomic E-state index is 0.622. The van der Waals surface area contributed by atoms with Crippen molar-refractivity contribution < 1.29 is 4.42 Å². The highest BCUT2D eigenvalue weighted by molar-refractivity contribution is 7.99. The molecule has 1 heterocycles. The lowest BCUT2D eigenvalue weighted by Gasteiger charge is -2.29. The summed E-state index contributed by atoms with van der Waals surface area (Å²) in [7, 11) is 0. The van der Waals surface area contributed by atoms with Gasteiger partial charge in [-0.2, -0.15) is 0 Å². The molecule has 20 heavy (non-hydrogen) atoms. The second kappa shape index (κ2) is 4.56. The number of fused-ring (bicyclic) bond motifs is 2. The molecular weight excluding hydrogens is 268 g/mol. The summed E-state index contributed by atoms with van der Waals surface area (Å²) in [5.74, 6) is 1.63. The van der Waals surface area contributed by atoms with Crippen molar-refractivity contribution in [3.63, 3.8) is 0 Å². The molecule has 4 heteroatoms. The Morgan fingerprint density at radius 3 is 3.05 bits per heavy atom. The Bertz CT molecular complexity index is 781. The van der Waals surface area contributed by atoms with Crippen LogP contribution in [0.25, 0.3) is 11.1 Å². The van der Waals surface area contributed by atoms with Crippen molar-refractivity contribution in [2.45, 2.75) is 17.6 Å². The van der Waals surface area contributed by atoms with Gasteiger partial charge in [0.2, 0.25) is 0 Å². The smallest absolute Gasteiger partial charge is 0.256 e. The molecule has 4 rings (SSSR count). The van der Waals surface area contributed by atoms with Crippen LogP contribution in [0.3, 0.4) is 0 Å². The number of nitrogens with two attached hydrogens (primary N) is 1. The maximum atomic E-state index is 5.74. The van der Waals surface area contributed by atoms with E-state index in [0.29, 0.717) is 11.6 Å². The second-order valence-electron chi connectivity index (χ2n) is 5.12. The molecule has 2 aromatic carbocycles. The van der Waals surface area contributed by atoms with Crippen LogP contribution in [0.15, 0.2) is 52.1 Å². The lowest BCUT2D eigenvalue weighted by Crippen LogP contribution is -2.18. The summed E-state index contributed by atoms with van der Waals surface area (Å²) >= 11 is 1.68. The van der Waals surface area contributed by atoms with Crippen LogP contribution < -0.4 is 5.73 Å². The molecule has 1 aromatic heterocycles. The Balaban J connectivity index is 1.49. The third-order valence-corrected chi connectivity index (χ3v) is 4.75. The van der Waals surface area contributed by atoms with E-state index in [0.717, 1.165) is 28.5 Å². The first-order valence-corrected chi connectivity index (χ1v) is 7.65. The van der Waals surface area contributed by atoms with Gasteiger partial charge in [0.15, 0.2) is 5.58 Å². The lowest BCUT2D eigenvalue weighted by atomic mass is 9.79. The first-order valence-electron chi connectivity index (χ1n) is 6.66. The van der Waals surface area contributed by atoms with E-state index in [1.165, 1.54) is 11.1 Å². The van der Waals surface area contributed by atoms with Gasteiger partial charge in [0.25, 0.3) is 5.22 Å². The Labute approximate surface area is 121 Å². The van der Waals surface area contributed by atoms with E-state index in [1.54, 1.807) is 11.8 Å². The first-order chi connectivity index (χ1) is 9.79. The number of nitrogens with zero attached hydrogens (tertiary/aromatic N) is 1. The second-order valence-corrected chi connectivity index (χ2v) is 6.09. The molecule has 3 nitrogen and oxygen atoms in total. The van der Waals surface area contributed by atoms with Crippen LogP contribution in [-0.4, -0.2) is 10.7 Å². The zero-order valence-electron chi connectivity index (χ0n) is 10.9. The van der Waals surface area contributed by atoms with Gasteiger partial charge in [-0.25, -0.2) is 4.98 Å². The summed E-state index contributed by atoms with van der Waals surface area (Å²) in [6, 6.07) is 14.2. The van der Waals surface area contributed by atoms with Crippen LogP contribution in [0.1, 0.15) is 17.0 Å². The standard InChI is InChI=1S/C16H14N2OS/c17-12-5-6-14-15(8-12)19-16(18-14)20-9-11-7-10-3-1-2-4-13(10)11/h1-6,8,11H,7,9,17H2. The molecular formula is C16H14N2OS. The predicted octanol–water partition coefficient (Wildman–Crippen LogP) is 3.84. The number of oxazole rings is 1. The maximum Gasteiger partial charge on any atom is 0.256 e. The van der Waals surface area contributed by atoms with Gasteiger partial charge in [-0.3, -0.25) is 0 Å². The number of thioether (sulfide) groups is 1.